The zero-order valence-corrected chi connectivity index (χ0v) is 11.6. The maximum atomic E-state index is 9.74. The molecule has 0 saturated heterocycles. The van der Waals surface area contributed by atoms with Gasteiger partial charge in [0, 0.05) is 6.04 Å². The Hall–Kier alpha value is -1.22. The smallest absolute Gasteiger partial charge is 0.124 e. The third-order valence-corrected chi connectivity index (χ3v) is 3.15. The molecule has 0 fully saturated rings. The fraction of sp³-hybridized carbons (Fsp3) is 0.600. The number of benzene rings is 1. The summed E-state index contributed by atoms with van der Waals surface area (Å²) in [5.41, 5.74) is 0.585. The maximum absolute atomic E-state index is 9.74. The summed E-state index contributed by atoms with van der Waals surface area (Å²) in [5, 5.41) is 22.8. The molecule has 1 aromatic carbocycles. The first-order valence-electron chi connectivity index (χ1n) is 6.76. The maximum Gasteiger partial charge on any atom is 0.124 e. The number of phenolic OH excluding ortho intramolecular Hbond substituents is 2. The van der Waals surface area contributed by atoms with E-state index in [-0.39, 0.29) is 17.5 Å². The quantitative estimate of drug-likeness (QED) is 0.649. The molecule has 0 saturated carbocycles. The van der Waals surface area contributed by atoms with E-state index in [1.807, 2.05) is 6.92 Å². The minimum Gasteiger partial charge on any atom is -0.507 e. The van der Waals surface area contributed by atoms with Gasteiger partial charge in [0.25, 0.3) is 0 Å². The molecule has 18 heavy (non-hydrogen) atoms. The first kappa shape index (κ1) is 14.8. The van der Waals surface area contributed by atoms with Crippen LogP contribution in [-0.2, 0) is 0 Å². The SMILES string of the molecule is CC(C)CCCCNC(C)c1c(O)cccc1O. The van der Waals surface area contributed by atoms with Crippen molar-refractivity contribution in [2.75, 3.05) is 6.54 Å². The Morgan fingerprint density at radius 1 is 1.06 bits per heavy atom. The van der Waals surface area contributed by atoms with Crippen molar-refractivity contribution in [2.45, 2.75) is 46.1 Å². The number of unbranched alkanes of at least 4 members (excludes halogenated alkanes) is 1. The predicted molar refractivity (Wildman–Crippen MR) is 74.9 cm³/mol. The molecule has 3 heteroatoms. The Labute approximate surface area is 110 Å². The van der Waals surface area contributed by atoms with Crippen molar-refractivity contribution >= 4 is 0 Å². The molecular weight excluding hydrogens is 226 g/mol. The van der Waals surface area contributed by atoms with Crippen molar-refractivity contribution in [2.24, 2.45) is 5.92 Å². The second-order valence-corrected chi connectivity index (χ2v) is 5.28. The molecular formula is C15H25NO2. The lowest BCUT2D eigenvalue weighted by Gasteiger charge is -2.17. The van der Waals surface area contributed by atoms with E-state index in [1.165, 1.54) is 12.8 Å². The van der Waals surface area contributed by atoms with Gasteiger partial charge in [0.15, 0.2) is 0 Å². The van der Waals surface area contributed by atoms with E-state index in [9.17, 15) is 10.2 Å². The fourth-order valence-corrected chi connectivity index (χ4v) is 2.08. The van der Waals surface area contributed by atoms with E-state index in [1.54, 1.807) is 18.2 Å². The molecule has 0 heterocycles. The normalized spacial score (nSPS) is 12.9. The van der Waals surface area contributed by atoms with Crippen LogP contribution in [0, 0.1) is 5.92 Å². The van der Waals surface area contributed by atoms with Crippen molar-refractivity contribution in [3.05, 3.63) is 23.8 Å². The molecule has 0 aliphatic carbocycles. The summed E-state index contributed by atoms with van der Waals surface area (Å²) in [6.45, 7) is 7.32. The van der Waals surface area contributed by atoms with Crippen molar-refractivity contribution < 1.29 is 10.2 Å². The first-order valence-corrected chi connectivity index (χ1v) is 6.76. The number of nitrogens with one attached hydrogen (secondary N) is 1. The summed E-state index contributed by atoms with van der Waals surface area (Å²) in [5.74, 6) is 1.05. The fourth-order valence-electron chi connectivity index (χ4n) is 2.08. The molecule has 1 unspecified atom stereocenters. The van der Waals surface area contributed by atoms with E-state index in [0.717, 1.165) is 18.9 Å². The highest BCUT2D eigenvalue weighted by molar-refractivity contribution is 5.44. The number of aromatic hydroxyl groups is 2. The van der Waals surface area contributed by atoms with Gasteiger partial charge in [-0.05, 0) is 37.9 Å². The zero-order valence-electron chi connectivity index (χ0n) is 11.6. The topological polar surface area (TPSA) is 52.5 Å². The second-order valence-electron chi connectivity index (χ2n) is 5.28. The number of hydrogen-bond acceptors (Lipinski definition) is 3. The van der Waals surface area contributed by atoms with Crippen LogP contribution in [0.1, 0.15) is 51.6 Å². The number of hydrogen-bond donors (Lipinski definition) is 3. The summed E-state index contributed by atoms with van der Waals surface area (Å²) in [6.07, 6.45) is 3.58. The van der Waals surface area contributed by atoms with Gasteiger partial charge in [-0.25, -0.2) is 0 Å². The molecule has 0 aliphatic rings. The van der Waals surface area contributed by atoms with Crippen LogP contribution < -0.4 is 5.32 Å². The monoisotopic (exact) mass is 251 g/mol. The highest BCUT2D eigenvalue weighted by Crippen LogP contribution is 2.31. The Balaban J connectivity index is 2.39. The van der Waals surface area contributed by atoms with Crippen LogP contribution >= 0.6 is 0 Å². The molecule has 102 valence electrons. The number of phenols is 2. The molecule has 0 bridgehead atoms. The van der Waals surface area contributed by atoms with Gasteiger partial charge in [-0.1, -0.05) is 32.8 Å². The highest BCUT2D eigenvalue weighted by Gasteiger charge is 2.13. The van der Waals surface area contributed by atoms with Gasteiger partial charge in [-0.3, -0.25) is 0 Å². The molecule has 1 atom stereocenters. The van der Waals surface area contributed by atoms with Gasteiger partial charge >= 0.3 is 0 Å². The van der Waals surface area contributed by atoms with Crippen molar-refractivity contribution in [1.82, 2.24) is 5.32 Å². The summed E-state index contributed by atoms with van der Waals surface area (Å²) in [4.78, 5) is 0. The lowest BCUT2D eigenvalue weighted by atomic mass is 10.0. The first-order chi connectivity index (χ1) is 8.52. The van der Waals surface area contributed by atoms with Crippen molar-refractivity contribution in [1.29, 1.82) is 0 Å². The van der Waals surface area contributed by atoms with Crippen LogP contribution in [0.25, 0.3) is 0 Å². The van der Waals surface area contributed by atoms with Crippen LogP contribution in [0.2, 0.25) is 0 Å². The zero-order chi connectivity index (χ0) is 13.5. The molecule has 1 aromatic rings. The van der Waals surface area contributed by atoms with Crippen LogP contribution in [-0.4, -0.2) is 16.8 Å². The summed E-state index contributed by atoms with van der Waals surface area (Å²) in [7, 11) is 0. The minimum absolute atomic E-state index is 0.0368. The lowest BCUT2D eigenvalue weighted by Crippen LogP contribution is -2.20. The van der Waals surface area contributed by atoms with Gasteiger partial charge < -0.3 is 15.5 Å². The van der Waals surface area contributed by atoms with Crippen LogP contribution in [0.4, 0.5) is 0 Å². The van der Waals surface area contributed by atoms with E-state index in [4.69, 9.17) is 0 Å². The van der Waals surface area contributed by atoms with E-state index >= 15 is 0 Å². The van der Waals surface area contributed by atoms with Gasteiger partial charge in [0.1, 0.15) is 11.5 Å². The van der Waals surface area contributed by atoms with Gasteiger partial charge in [-0.2, -0.15) is 0 Å². The van der Waals surface area contributed by atoms with Gasteiger partial charge in [0.2, 0.25) is 0 Å². The van der Waals surface area contributed by atoms with Gasteiger partial charge in [0.05, 0.1) is 5.56 Å². The molecule has 1 rings (SSSR count). The predicted octanol–water partition coefficient (Wildman–Crippen LogP) is 3.57. The largest absolute Gasteiger partial charge is 0.507 e. The Kier molecular flexibility index (Phi) is 5.99. The van der Waals surface area contributed by atoms with Crippen molar-refractivity contribution in [3.63, 3.8) is 0 Å². The summed E-state index contributed by atoms with van der Waals surface area (Å²) >= 11 is 0. The summed E-state index contributed by atoms with van der Waals surface area (Å²) in [6, 6.07) is 4.81. The Bertz CT molecular complexity index is 343. The average molecular weight is 251 g/mol. The number of rotatable bonds is 7. The molecule has 0 aromatic heterocycles. The highest BCUT2D eigenvalue weighted by atomic mass is 16.3. The van der Waals surface area contributed by atoms with Crippen LogP contribution in [0.5, 0.6) is 11.5 Å². The molecule has 3 N–H and O–H groups in total. The van der Waals surface area contributed by atoms with E-state index in [2.05, 4.69) is 19.2 Å². The van der Waals surface area contributed by atoms with Crippen LogP contribution in [0.3, 0.4) is 0 Å². The standard InChI is InChI=1S/C15H25NO2/c1-11(2)7-4-5-10-16-12(3)15-13(17)8-6-9-14(15)18/h6,8-9,11-12,16-18H,4-5,7,10H2,1-3H3. The Morgan fingerprint density at radius 3 is 2.22 bits per heavy atom. The lowest BCUT2D eigenvalue weighted by molar-refractivity contribution is 0.416. The summed E-state index contributed by atoms with van der Waals surface area (Å²) < 4.78 is 0. The molecule has 0 spiro atoms. The molecule has 0 radical (unpaired) electrons. The molecule has 0 amide bonds. The second kappa shape index (κ2) is 7.27. The van der Waals surface area contributed by atoms with Crippen molar-refractivity contribution in [3.8, 4) is 11.5 Å². The average Bonchev–Trinajstić information content (AvgIpc) is 2.27. The molecule has 3 nitrogen and oxygen atoms in total. The van der Waals surface area contributed by atoms with Gasteiger partial charge in [-0.15, -0.1) is 0 Å². The molecule has 0 aliphatic heterocycles. The third-order valence-electron chi connectivity index (χ3n) is 3.15. The van der Waals surface area contributed by atoms with Crippen LogP contribution in [0.15, 0.2) is 18.2 Å². The Morgan fingerprint density at radius 2 is 1.67 bits per heavy atom. The van der Waals surface area contributed by atoms with E-state index in [0.29, 0.717) is 5.56 Å². The third kappa shape index (κ3) is 4.57. The minimum atomic E-state index is -0.0368. The van der Waals surface area contributed by atoms with E-state index < -0.39 is 0 Å².